The third-order valence-electron chi connectivity index (χ3n) is 4.27. The van der Waals surface area contributed by atoms with Gasteiger partial charge in [0, 0.05) is 19.6 Å². The van der Waals surface area contributed by atoms with Gasteiger partial charge in [-0.05, 0) is 31.4 Å². The first-order valence-corrected chi connectivity index (χ1v) is 8.41. The van der Waals surface area contributed by atoms with Crippen molar-refractivity contribution in [2.75, 3.05) is 17.2 Å². The van der Waals surface area contributed by atoms with Gasteiger partial charge in [-0.3, -0.25) is 14.3 Å². The van der Waals surface area contributed by atoms with E-state index in [1.54, 1.807) is 0 Å². The van der Waals surface area contributed by atoms with Crippen LogP contribution < -0.4 is 21.9 Å². The Labute approximate surface area is 141 Å². The molecule has 2 rings (SSSR count). The monoisotopic (exact) mass is 330 g/mol. The maximum atomic E-state index is 12.4. The topological polar surface area (TPSA) is 84.1 Å². The van der Waals surface area contributed by atoms with E-state index in [1.807, 2.05) is 49.9 Å². The van der Waals surface area contributed by atoms with Gasteiger partial charge in [0.1, 0.15) is 11.5 Å². The van der Waals surface area contributed by atoms with Crippen LogP contribution in [0, 0.1) is 6.92 Å². The van der Waals surface area contributed by atoms with E-state index >= 15 is 0 Å². The zero-order chi connectivity index (χ0) is 17.7. The molecule has 3 N–H and O–H groups in total. The molecule has 0 fully saturated rings. The fraction of sp³-hybridized carbons (Fsp3) is 0.444. The van der Waals surface area contributed by atoms with Crippen molar-refractivity contribution in [3.63, 3.8) is 0 Å². The molecule has 1 aromatic heterocycles. The van der Waals surface area contributed by atoms with Crippen LogP contribution in [0.15, 0.2) is 33.9 Å². The fourth-order valence-electron chi connectivity index (χ4n) is 2.76. The second kappa shape index (κ2) is 7.86. The third-order valence-corrected chi connectivity index (χ3v) is 4.27. The number of nitrogens with two attached hydrogens (primary N) is 1. The Morgan fingerprint density at radius 1 is 1.21 bits per heavy atom. The van der Waals surface area contributed by atoms with Gasteiger partial charge in [0.15, 0.2) is 0 Å². The molecule has 0 saturated carbocycles. The maximum Gasteiger partial charge on any atom is 0.330 e. The second-order valence-electron chi connectivity index (χ2n) is 5.94. The van der Waals surface area contributed by atoms with Crippen LogP contribution in [-0.4, -0.2) is 16.1 Å². The zero-order valence-electron chi connectivity index (χ0n) is 14.6. The minimum absolute atomic E-state index is 0.243. The Kier molecular flexibility index (Phi) is 5.84. The number of H-pyrrole nitrogens is 1. The Morgan fingerprint density at radius 2 is 1.92 bits per heavy atom. The van der Waals surface area contributed by atoms with Crippen LogP contribution in [-0.2, 0) is 13.1 Å². The highest BCUT2D eigenvalue weighted by Crippen LogP contribution is 2.20. The number of hydrogen-bond donors (Lipinski definition) is 2. The molecule has 0 bridgehead atoms. The fourth-order valence-corrected chi connectivity index (χ4v) is 2.76. The number of aryl methyl sites for hydroxylation is 1. The predicted molar refractivity (Wildman–Crippen MR) is 98.5 cm³/mol. The van der Waals surface area contributed by atoms with Gasteiger partial charge < -0.3 is 10.6 Å². The van der Waals surface area contributed by atoms with Crippen molar-refractivity contribution in [1.82, 2.24) is 9.55 Å². The summed E-state index contributed by atoms with van der Waals surface area (Å²) in [4.78, 5) is 28.7. The first-order chi connectivity index (χ1) is 11.5. The smallest absolute Gasteiger partial charge is 0.330 e. The van der Waals surface area contributed by atoms with E-state index in [9.17, 15) is 9.59 Å². The number of nitrogens with zero attached hydrogens (tertiary/aromatic N) is 2. The lowest BCUT2D eigenvalue weighted by atomic mass is 10.1. The van der Waals surface area contributed by atoms with E-state index in [0.29, 0.717) is 25.3 Å². The molecule has 0 atom stereocenters. The first kappa shape index (κ1) is 17.8. The molecule has 0 radical (unpaired) electrons. The van der Waals surface area contributed by atoms with E-state index in [2.05, 4.69) is 4.98 Å². The molecule has 0 spiro atoms. The molecule has 0 amide bonds. The lowest BCUT2D eigenvalue weighted by Crippen LogP contribution is -2.38. The van der Waals surface area contributed by atoms with Crippen LogP contribution in [0.3, 0.4) is 0 Å². The lowest BCUT2D eigenvalue weighted by Gasteiger charge is -2.25. The van der Waals surface area contributed by atoms with Crippen molar-refractivity contribution in [2.45, 2.75) is 46.7 Å². The number of aromatic amines is 1. The van der Waals surface area contributed by atoms with E-state index in [4.69, 9.17) is 5.73 Å². The van der Waals surface area contributed by atoms with Crippen molar-refractivity contribution >= 4 is 11.5 Å². The Morgan fingerprint density at radius 3 is 2.54 bits per heavy atom. The summed E-state index contributed by atoms with van der Waals surface area (Å²) in [5.41, 5.74) is 7.98. The first-order valence-electron chi connectivity index (χ1n) is 8.41. The van der Waals surface area contributed by atoms with Crippen LogP contribution >= 0.6 is 0 Å². The van der Waals surface area contributed by atoms with Crippen molar-refractivity contribution in [1.29, 1.82) is 0 Å². The molecule has 1 aromatic carbocycles. The SMILES string of the molecule is CCCCn1c(N)c(N(CC)Cc2ccccc2C)c(=O)[nH]c1=O. The van der Waals surface area contributed by atoms with Gasteiger partial charge in [-0.15, -0.1) is 0 Å². The van der Waals surface area contributed by atoms with Crippen LogP contribution in [0.1, 0.15) is 37.8 Å². The van der Waals surface area contributed by atoms with Gasteiger partial charge in [0.05, 0.1) is 0 Å². The molecule has 0 aliphatic rings. The zero-order valence-corrected chi connectivity index (χ0v) is 14.6. The van der Waals surface area contributed by atoms with E-state index in [1.165, 1.54) is 4.57 Å². The number of nitrogen functional groups attached to an aromatic ring is 1. The maximum absolute atomic E-state index is 12.4. The minimum atomic E-state index is -0.443. The molecule has 0 aliphatic carbocycles. The van der Waals surface area contributed by atoms with Crippen molar-refractivity contribution in [2.24, 2.45) is 0 Å². The highest BCUT2D eigenvalue weighted by molar-refractivity contribution is 5.62. The Balaban J connectivity index is 2.46. The van der Waals surface area contributed by atoms with Gasteiger partial charge in [-0.1, -0.05) is 37.6 Å². The van der Waals surface area contributed by atoms with Gasteiger partial charge in [0.2, 0.25) is 0 Å². The molecule has 130 valence electrons. The molecular formula is C18H26N4O2. The highest BCUT2D eigenvalue weighted by Gasteiger charge is 2.18. The number of rotatable bonds is 7. The third kappa shape index (κ3) is 3.69. The summed E-state index contributed by atoms with van der Waals surface area (Å²) in [5.74, 6) is 0.243. The van der Waals surface area contributed by atoms with Crippen molar-refractivity contribution < 1.29 is 0 Å². The largest absolute Gasteiger partial charge is 0.383 e. The van der Waals surface area contributed by atoms with Crippen LogP contribution in [0.25, 0.3) is 0 Å². The lowest BCUT2D eigenvalue weighted by molar-refractivity contribution is 0.602. The highest BCUT2D eigenvalue weighted by atomic mass is 16.2. The summed E-state index contributed by atoms with van der Waals surface area (Å²) >= 11 is 0. The standard InChI is InChI=1S/C18H26N4O2/c1-4-6-11-22-16(19)15(17(23)20-18(22)24)21(5-2)12-14-10-8-7-9-13(14)3/h7-10H,4-6,11-12,19H2,1-3H3,(H,20,23,24). The number of aromatic nitrogens is 2. The average molecular weight is 330 g/mol. The van der Waals surface area contributed by atoms with Gasteiger partial charge >= 0.3 is 5.69 Å². The molecular weight excluding hydrogens is 304 g/mol. The summed E-state index contributed by atoms with van der Waals surface area (Å²) in [6.07, 6.45) is 1.78. The summed E-state index contributed by atoms with van der Waals surface area (Å²) < 4.78 is 1.46. The predicted octanol–water partition coefficient (Wildman–Crippen LogP) is 2.25. The van der Waals surface area contributed by atoms with Crippen LogP contribution in [0.2, 0.25) is 0 Å². The number of unbranched alkanes of at least 4 members (excludes halogenated alkanes) is 1. The number of benzene rings is 1. The minimum Gasteiger partial charge on any atom is -0.383 e. The average Bonchev–Trinajstić information content (AvgIpc) is 2.55. The second-order valence-corrected chi connectivity index (χ2v) is 5.94. The summed E-state index contributed by atoms with van der Waals surface area (Å²) in [6, 6.07) is 8.04. The molecule has 1 heterocycles. The molecule has 2 aromatic rings. The molecule has 0 saturated heterocycles. The number of anilines is 2. The Bertz CT molecular complexity index is 807. The quantitative estimate of drug-likeness (QED) is 0.815. The van der Waals surface area contributed by atoms with E-state index in [0.717, 1.165) is 24.0 Å². The molecule has 6 heteroatoms. The normalized spacial score (nSPS) is 10.8. The summed E-state index contributed by atoms with van der Waals surface area (Å²) in [7, 11) is 0. The Hall–Kier alpha value is -2.50. The summed E-state index contributed by atoms with van der Waals surface area (Å²) in [6.45, 7) is 7.75. The number of nitrogens with one attached hydrogen (secondary N) is 1. The molecule has 6 nitrogen and oxygen atoms in total. The molecule has 24 heavy (non-hydrogen) atoms. The van der Waals surface area contributed by atoms with Crippen molar-refractivity contribution in [3.05, 3.63) is 56.2 Å². The molecule has 0 unspecified atom stereocenters. The van der Waals surface area contributed by atoms with E-state index < -0.39 is 11.2 Å². The van der Waals surface area contributed by atoms with Crippen LogP contribution in [0.5, 0.6) is 0 Å². The van der Waals surface area contributed by atoms with E-state index in [-0.39, 0.29) is 5.82 Å². The number of hydrogen-bond acceptors (Lipinski definition) is 4. The van der Waals surface area contributed by atoms with Gasteiger partial charge in [-0.25, -0.2) is 4.79 Å². The van der Waals surface area contributed by atoms with Crippen LogP contribution in [0.4, 0.5) is 11.5 Å². The van der Waals surface area contributed by atoms with Gasteiger partial charge in [0.25, 0.3) is 5.56 Å². The molecule has 0 aliphatic heterocycles. The van der Waals surface area contributed by atoms with Crippen molar-refractivity contribution in [3.8, 4) is 0 Å². The summed E-state index contributed by atoms with van der Waals surface area (Å²) in [5, 5.41) is 0. The van der Waals surface area contributed by atoms with Gasteiger partial charge in [-0.2, -0.15) is 0 Å².